The Kier molecular flexibility index (Phi) is 3.95. The molecule has 5 fully saturated rings. The fourth-order valence-electron chi connectivity index (χ4n) is 6.98. The number of esters is 3. The third kappa shape index (κ3) is 2.35. The van der Waals surface area contributed by atoms with Crippen molar-refractivity contribution in [3.05, 3.63) is 12.2 Å². The van der Waals surface area contributed by atoms with Crippen LogP contribution in [0.1, 0.15) is 52.4 Å². The first kappa shape index (κ1) is 18.2. The SMILES string of the molecule is C=C(C)C(=O)OC1C2CC3C1OC(=O)C3C2C(=O)OC1(CC)CC2CCC1C2. The third-order valence-corrected chi connectivity index (χ3v) is 8.23. The first-order chi connectivity index (χ1) is 13.3. The van der Waals surface area contributed by atoms with Crippen LogP contribution in [-0.4, -0.2) is 35.7 Å². The highest BCUT2D eigenvalue weighted by atomic mass is 16.6. The van der Waals surface area contributed by atoms with Gasteiger partial charge in [0, 0.05) is 17.4 Å². The van der Waals surface area contributed by atoms with Gasteiger partial charge in [-0.25, -0.2) is 4.79 Å². The molecule has 4 aliphatic carbocycles. The van der Waals surface area contributed by atoms with Crippen molar-refractivity contribution in [3.8, 4) is 0 Å². The Morgan fingerprint density at radius 3 is 2.64 bits per heavy atom. The molecule has 0 N–H and O–H groups in total. The summed E-state index contributed by atoms with van der Waals surface area (Å²) in [7, 11) is 0. The molecule has 0 aromatic rings. The van der Waals surface area contributed by atoms with E-state index in [2.05, 4.69) is 13.5 Å². The first-order valence-corrected chi connectivity index (χ1v) is 10.6. The molecule has 28 heavy (non-hydrogen) atoms. The van der Waals surface area contributed by atoms with Crippen LogP contribution in [0.25, 0.3) is 0 Å². The summed E-state index contributed by atoms with van der Waals surface area (Å²) in [6.07, 6.45) is 4.90. The zero-order valence-electron chi connectivity index (χ0n) is 16.5. The smallest absolute Gasteiger partial charge is 0.333 e. The molecule has 0 aromatic carbocycles. The first-order valence-electron chi connectivity index (χ1n) is 10.6. The molecule has 6 nitrogen and oxygen atoms in total. The van der Waals surface area contributed by atoms with Crippen molar-refractivity contribution in [2.75, 3.05) is 0 Å². The van der Waals surface area contributed by atoms with Crippen LogP contribution in [0, 0.1) is 35.5 Å². The Balaban J connectivity index is 1.38. The van der Waals surface area contributed by atoms with Crippen LogP contribution in [0.3, 0.4) is 0 Å². The van der Waals surface area contributed by atoms with E-state index in [9.17, 15) is 14.4 Å². The Morgan fingerprint density at radius 2 is 2.04 bits per heavy atom. The van der Waals surface area contributed by atoms with Crippen molar-refractivity contribution >= 4 is 17.9 Å². The molecule has 5 rings (SSSR count). The number of hydrogen-bond acceptors (Lipinski definition) is 6. The Hall–Kier alpha value is -1.85. The second-order valence-electron chi connectivity index (χ2n) is 9.59. The molecular formula is C22H28O6. The van der Waals surface area contributed by atoms with E-state index in [1.54, 1.807) is 6.92 Å². The monoisotopic (exact) mass is 388 g/mol. The van der Waals surface area contributed by atoms with Crippen LogP contribution in [0.15, 0.2) is 12.2 Å². The summed E-state index contributed by atoms with van der Waals surface area (Å²) in [5.41, 5.74) is -0.0807. The Bertz CT molecular complexity index is 758. The number of ether oxygens (including phenoxy) is 3. The van der Waals surface area contributed by atoms with E-state index in [4.69, 9.17) is 14.2 Å². The minimum atomic E-state index is -0.577. The van der Waals surface area contributed by atoms with E-state index in [1.165, 1.54) is 6.42 Å². The van der Waals surface area contributed by atoms with Crippen LogP contribution < -0.4 is 0 Å². The summed E-state index contributed by atoms with van der Waals surface area (Å²) in [5, 5.41) is 0. The molecule has 0 radical (unpaired) electrons. The maximum absolute atomic E-state index is 13.3. The number of hydrogen-bond donors (Lipinski definition) is 0. The molecule has 9 unspecified atom stereocenters. The normalized spacial score (nSPS) is 47.3. The molecule has 4 saturated carbocycles. The van der Waals surface area contributed by atoms with Gasteiger partial charge in [0.25, 0.3) is 0 Å². The molecule has 1 aliphatic heterocycles. The van der Waals surface area contributed by atoms with Crippen molar-refractivity contribution in [1.29, 1.82) is 0 Å². The van der Waals surface area contributed by atoms with Gasteiger partial charge in [-0.2, -0.15) is 0 Å². The largest absolute Gasteiger partial charge is 0.459 e. The van der Waals surface area contributed by atoms with Crippen molar-refractivity contribution in [2.24, 2.45) is 35.5 Å². The zero-order chi connectivity index (χ0) is 19.8. The van der Waals surface area contributed by atoms with Gasteiger partial charge in [-0.3, -0.25) is 9.59 Å². The summed E-state index contributed by atoms with van der Waals surface area (Å²) >= 11 is 0. The zero-order valence-corrected chi connectivity index (χ0v) is 16.5. The van der Waals surface area contributed by atoms with Crippen molar-refractivity contribution in [3.63, 3.8) is 0 Å². The van der Waals surface area contributed by atoms with E-state index in [-0.39, 0.29) is 29.4 Å². The number of fused-ring (bicyclic) bond motifs is 3. The van der Waals surface area contributed by atoms with Crippen LogP contribution in [-0.2, 0) is 28.6 Å². The van der Waals surface area contributed by atoms with Gasteiger partial charge in [-0.05, 0) is 57.3 Å². The molecular weight excluding hydrogens is 360 g/mol. The minimum Gasteiger partial charge on any atom is -0.459 e. The number of carbonyl (C=O) groups excluding carboxylic acids is 3. The summed E-state index contributed by atoms with van der Waals surface area (Å²) in [5.74, 6) is -1.33. The molecule has 9 atom stereocenters. The summed E-state index contributed by atoms with van der Waals surface area (Å²) in [6, 6.07) is 0. The average molecular weight is 388 g/mol. The number of carbonyl (C=O) groups is 3. The predicted molar refractivity (Wildman–Crippen MR) is 97.7 cm³/mol. The summed E-state index contributed by atoms with van der Waals surface area (Å²) in [4.78, 5) is 37.9. The van der Waals surface area contributed by atoms with Crippen LogP contribution >= 0.6 is 0 Å². The molecule has 5 aliphatic rings. The van der Waals surface area contributed by atoms with Gasteiger partial charge in [-0.15, -0.1) is 0 Å². The standard InChI is InChI=1S/C22H28O6/c1-4-22(9-11-5-6-12(22)7-11)28-21(25)16-14-8-13-15(16)20(24)27-18(13)17(14)26-19(23)10(2)3/h11-18H,2,4-9H2,1,3H3. The predicted octanol–water partition coefficient (Wildman–Crippen LogP) is 2.79. The Labute approximate surface area is 165 Å². The van der Waals surface area contributed by atoms with Gasteiger partial charge in [-0.1, -0.05) is 13.5 Å². The van der Waals surface area contributed by atoms with Crippen LogP contribution in [0.5, 0.6) is 0 Å². The van der Waals surface area contributed by atoms with E-state index in [0.29, 0.717) is 23.8 Å². The second kappa shape index (κ2) is 6.07. The molecule has 0 spiro atoms. The quantitative estimate of drug-likeness (QED) is 0.409. The van der Waals surface area contributed by atoms with Gasteiger partial charge < -0.3 is 14.2 Å². The average Bonchev–Trinajstić information content (AvgIpc) is 3.42. The van der Waals surface area contributed by atoms with E-state index >= 15 is 0 Å². The highest BCUT2D eigenvalue weighted by Crippen LogP contribution is 2.60. The van der Waals surface area contributed by atoms with E-state index in [1.807, 2.05) is 0 Å². The molecule has 0 amide bonds. The topological polar surface area (TPSA) is 78.9 Å². The van der Waals surface area contributed by atoms with E-state index in [0.717, 1.165) is 25.7 Å². The van der Waals surface area contributed by atoms with Gasteiger partial charge in [0.15, 0.2) is 0 Å². The second-order valence-corrected chi connectivity index (χ2v) is 9.59. The molecule has 6 heteroatoms. The van der Waals surface area contributed by atoms with Crippen molar-refractivity contribution < 1.29 is 28.6 Å². The van der Waals surface area contributed by atoms with Crippen LogP contribution in [0.4, 0.5) is 0 Å². The van der Waals surface area contributed by atoms with Gasteiger partial charge >= 0.3 is 17.9 Å². The van der Waals surface area contributed by atoms with E-state index < -0.39 is 30.0 Å². The molecule has 1 heterocycles. The lowest BCUT2D eigenvalue weighted by Gasteiger charge is -2.39. The summed E-state index contributed by atoms with van der Waals surface area (Å²) in [6.45, 7) is 7.30. The van der Waals surface area contributed by atoms with Crippen molar-refractivity contribution in [1.82, 2.24) is 0 Å². The maximum atomic E-state index is 13.3. The highest BCUT2D eigenvalue weighted by Gasteiger charge is 2.70. The van der Waals surface area contributed by atoms with Gasteiger partial charge in [0.05, 0.1) is 11.8 Å². The highest BCUT2D eigenvalue weighted by molar-refractivity contribution is 5.88. The molecule has 1 saturated heterocycles. The lowest BCUT2D eigenvalue weighted by Crippen LogP contribution is -2.47. The molecule has 0 aromatic heterocycles. The number of rotatable bonds is 5. The van der Waals surface area contributed by atoms with Gasteiger partial charge in [0.2, 0.25) is 0 Å². The third-order valence-electron chi connectivity index (χ3n) is 8.23. The minimum absolute atomic E-state index is 0.0597. The lowest BCUT2D eigenvalue weighted by atomic mass is 9.77. The Morgan fingerprint density at radius 1 is 1.25 bits per heavy atom. The summed E-state index contributed by atoms with van der Waals surface area (Å²) < 4.78 is 17.4. The van der Waals surface area contributed by atoms with Crippen molar-refractivity contribution in [2.45, 2.75) is 70.2 Å². The lowest BCUT2D eigenvalue weighted by molar-refractivity contribution is -0.179. The molecule has 4 bridgehead atoms. The molecule has 152 valence electrons. The van der Waals surface area contributed by atoms with Gasteiger partial charge in [0.1, 0.15) is 17.8 Å². The van der Waals surface area contributed by atoms with Crippen LogP contribution in [0.2, 0.25) is 0 Å². The fourth-order valence-corrected chi connectivity index (χ4v) is 6.98. The fraction of sp³-hybridized carbons (Fsp3) is 0.773. The maximum Gasteiger partial charge on any atom is 0.333 e.